The molecular weight excluding hydrogens is 278 g/mol. The van der Waals surface area contributed by atoms with Crippen molar-refractivity contribution >= 4 is 27.3 Å². The monoisotopic (exact) mass is 297 g/mol. The molecule has 0 aromatic carbocycles. The Hall–Kier alpha value is -0.770. The fourth-order valence-electron chi connectivity index (χ4n) is 2.87. The molecule has 0 radical (unpaired) electrons. The molecule has 17 heavy (non-hydrogen) atoms. The molecule has 1 fully saturated rings. The summed E-state index contributed by atoms with van der Waals surface area (Å²) in [5, 5.41) is 3.57. The van der Waals surface area contributed by atoms with Crippen LogP contribution < -0.4 is 11.1 Å². The van der Waals surface area contributed by atoms with Gasteiger partial charge in [-0.25, -0.2) is 0 Å². The van der Waals surface area contributed by atoms with E-state index in [9.17, 15) is 0 Å². The highest BCUT2D eigenvalue weighted by Gasteiger charge is 2.24. The van der Waals surface area contributed by atoms with E-state index in [-0.39, 0.29) is 0 Å². The molecule has 0 saturated heterocycles. The maximum absolute atomic E-state index is 5.95. The van der Waals surface area contributed by atoms with Crippen molar-refractivity contribution in [1.82, 2.24) is 4.98 Å². The van der Waals surface area contributed by atoms with Crippen LogP contribution in [0.2, 0.25) is 0 Å². The number of pyridine rings is 1. The topological polar surface area (TPSA) is 50.9 Å². The average Bonchev–Trinajstić information content (AvgIpc) is 2.22. The Bertz CT molecular complexity index is 364. The summed E-state index contributed by atoms with van der Waals surface area (Å²) in [5.41, 5.74) is 7.66. The summed E-state index contributed by atoms with van der Waals surface area (Å²) in [7, 11) is 0. The molecule has 2 atom stereocenters. The van der Waals surface area contributed by atoms with E-state index in [0.717, 1.165) is 22.0 Å². The van der Waals surface area contributed by atoms with E-state index < -0.39 is 0 Å². The third-order valence-electron chi connectivity index (χ3n) is 3.46. The SMILES string of the molecule is CC1CC(C)CC(Nc2c(N)cncc2Br)C1. The summed E-state index contributed by atoms with van der Waals surface area (Å²) in [6, 6.07) is 0.523. The minimum absolute atomic E-state index is 0.523. The number of nitrogen functional groups attached to an aromatic ring is 1. The van der Waals surface area contributed by atoms with E-state index >= 15 is 0 Å². The molecular formula is C13H20BrN3. The van der Waals surface area contributed by atoms with Crippen LogP contribution in [0.3, 0.4) is 0 Å². The Morgan fingerprint density at radius 3 is 2.47 bits per heavy atom. The lowest BCUT2D eigenvalue weighted by molar-refractivity contribution is 0.281. The molecule has 2 rings (SSSR count). The van der Waals surface area contributed by atoms with Crippen molar-refractivity contribution in [2.75, 3.05) is 11.1 Å². The van der Waals surface area contributed by atoms with Gasteiger partial charge in [0.15, 0.2) is 0 Å². The number of nitrogens with two attached hydrogens (primary N) is 1. The van der Waals surface area contributed by atoms with Crippen molar-refractivity contribution in [3.63, 3.8) is 0 Å². The van der Waals surface area contributed by atoms with Gasteiger partial charge in [0, 0.05) is 12.2 Å². The van der Waals surface area contributed by atoms with Gasteiger partial charge in [0.1, 0.15) is 0 Å². The number of aromatic nitrogens is 1. The van der Waals surface area contributed by atoms with Crippen LogP contribution in [0.1, 0.15) is 33.1 Å². The quantitative estimate of drug-likeness (QED) is 0.876. The molecule has 94 valence electrons. The molecule has 2 unspecified atom stereocenters. The maximum atomic E-state index is 5.95. The second-order valence-corrected chi connectivity index (χ2v) is 6.20. The van der Waals surface area contributed by atoms with Crippen molar-refractivity contribution in [1.29, 1.82) is 0 Å². The van der Waals surface area contributed by atoms with Gasteiger partial charge in [-0.1, -0.05) is 13.8 Å². The van der Waals surface area contributed by atoms with Crippen molar-refractivity contribution in [3.05, 3.63) is 16.9 Å². The number of rotatable bonds is 2. The first-order valence-corrected chi connectivity index (χ1v) is 7.01. The van der Waals surface area contributed by atoms with Crippen molar-refractivity contribution < 1.29 is 0 Å². The normalized spacial score (nSPS) is 29.0. The summed E-state index contributed by atoms with van der Waals surface area (Å²) in [6.45, 7) is 4.66. The number of nitrogens with zero attached hydrogens (tertiary/aromatic N) is 1. The number of anilines is 2. The van der Waals surface area contributed by atoms with E-state index in [1.807, 2.05) is 0 Å². The van der Waals surface area contributed by atoms with Gasteiger partial charge in [-0.05, 0) is 47.0 Å². The second-order valence-electron chi connectivity index (χ2n) is 5.34. The van der Waals surface area contributed by atoms with Crippen LogP contribution in [0, 0.1) is 11.8 Å². The average molecular weight is 298 g/mol. The van der Waals surface area contributed by atoms with E-state index in [0.29, 0.717) is 11.7 Å². The van der Waals surface area contributed by atoms with E-state index in [1.54, 1.807) is 12.4 Å². The van der Waals surface area contributed by atoms with Gasteiger partial charge >= 0.3 is 0 Å². The number of nitrogens with one attached hydrogen (secondary N) is 1. The highest BCUT2D eigenvalue weighted by Crippen LogP contribution is 2.34. The highest BCUT2D eigenvalue weighted by atomic mass is 79.9. The summed E-state index contributed by atoms with van der Waals surface area (Å²) in [6.07, 6.45) is 7.26. The molecule has 1 aliphatic rings. The summed E-state index contributed by atoms with van der Waals surface area (Å²) in [4.78, 5) is 4.06. The molecule has 1 aromatic heterocycles. The Morgan fingerprint density at radius 2 is 1.88 bits per heavy atom. The number of hydrogen-bond donors (Lipinski definition) is 2. The fourth-order valence-corrected chi connectivity index (χ4v) is 3.33. The molecule has 0 bridgehead atoms. The zero-order chi connectivity index (χ0) is 12.4. The van der Waals surface area contributed by atoms with Crippen LogP contribution in [0.25, 0.3) is 0 Å². The Morgan fingerprint density at radius 1 is 1.24 bits per heavy atom. The van der Waals surface area contributed by atoms with Crippen molar-refractivity contribution in [2.45, 2.75) is 39.2 Å². The molecule has 1 aliphatic carbocycles. The fraction of sp³-hybridized carbons (Fsp3) is 0.615. The Labute approximate surface area is 111 Å². The van der Waals surface area contributed by atoms with Gasteiger partial charge in [0.05, 0.1) is 22.0 Å². The standard InChI is InChI=1S/C13H20BrN3/c1-8-3-9(2)5-10(4-8)17-13-11(14)6-16-7-12(13)15/h6-10H,3-5,15H2,1-2H3,(H,16,17). The van der Waals surface area contributed by atoms with Gasteiger partial charge < -0.3 is 11.1 Å². The Balaban J connectivity index is 2.10. The van der Waals surface area contributed by atoms with E-state index in [1.165, 1.54) is 19.3 Å². The predicted molar refractivity (Wildman–Crippen MR) is 75.9 cm³/mol. The summed E-state index contributed by atoms with van der Waals surface area (Å²) >= 11 is 3.50. The first-order chi connectivity index (χ1) is 8.06. The molecule has 0 aliphatic heterocycles. The minimum Gasteiger partial charge on any atom is -0.396 e. The van der Waals surface area contributed by atoms with E-state index in [2.05, 4.69) is 40.1 Å². The zero-order valence-corrected chi connectivity index (χ0v) is 12.0. The number of halogens is 1. The molecule has 3 N–H and O–H groups in total. The third-order valence-corrected chi connectivity index (χ3v) is 4.06. The molecule has 4 heteroatoms. The molecule has 0 spiro atoms. The molecule has 1 heterocycles. The molecule has 3 nitrogen and oxygen atoms in total. The van der Waals surface area contributed by atoms with Crippen LogP contribution in [0.4, 0.5) is 11.4 Å². The molecule has 1 aromatic rings. The predicted octanol–water partition coefficient (Wildman–Crippen LogP) is 3.66. The zero-order valence-electron chi connectivity index (χ0n) is 10.4. The molecule has 0 amide bonds. The largest absolute Gasteiger partial charge is 0.396 e. The summed E-state index contributed by atoms with van der Waals surface area (Å²) < 4.78 is 0.948. The molecule has 1 saturated carbocycles. The smallest absolute Gasteiger partial charge is 0.0752 e. The Kier molecular flexibility index (Phi) is 3.92. The van der Waals surface area contributed by atoms with Gasteiger partial charge in [-0.3, -0.25) is 4.98 Å². The first kappa shape index (κ1) is 12.7. The number of hydrogen-bond acceptors (Lipinski definition) is 3. The van der Waals surface area contributed by atoms with Crippen molar-refractivity contribution in [3.8, 4) is 0 Å². The summed E-state index contributed by atoms with van der Waals surface area (Å²) in [5.74, 6) is 1.58. The van der Waals surface area contributed by atoms with Gasteiger partial charge in [0.25, 0.3) is 0 Å². The third kappa shape index (κ3) is 3.12. The maximum Gasteiger partial charge on any atom is 0.0752 e. The van der Waals surface area contributed by atoms with Crippen LogP contribution >= 0.6 is 15.9 Å². The van der Waals surface area contributed by atoms with Crippen LogP contribution in [0.5, 0.6) is 0 Å². The van der Waals surface area contributed by atoms with Crippen LogP contribution in [-0.4, -0.2) is 11.0 Å². The van der Waals surface area contributed by atoms with Crippen LogP contribution in [-0.2, 0) is 0 Å². The lowest BCUT2D eigenvalue weighted by Gasteiger charge is -2.33. The lowest BCUT2D eigenvalue weighted by Crippen LogP contribution is -2.30. The van der Waals surface area contributed by atoms with E-state index in [4.69, 9.17) is 5.73 Å². The van der Waals surface area contributed by atoms with Gasteiger partial charge in [-0.15, -0.1) is 0 Å². The highest BCUT2D eigenvalue weighted by molar-refractivity contribution is 9.10. The second kappa shape index (κ2) is 5.25. The lowest BCUT2D eigenvalue weighted by atomic mass is 9.80. The van der Waals surface area contributed by atoms with Gasteiger partial charge in [0.2, 0.25) is 0 Å². The first-order valence-electron chi connectivity index (χ1n) is 6.21. The minimum atomic E-state index is 0.523. The van der Waals surface area contributed by atoms with Gasteiger partial charge in [-0.2, -0.15) is 0 Å². The van der Waals surface area contributed by atoms with Crippen LogP contribution in [0.15, 0.2) is 16.9 Å². The van der Waals surface area contributed by atoms with Crippen molar-refractivity contribution in [2.24, 2.45) is 11.8 Å².